The van der Waals surface area contributed by atoms with E-state index in [1.165, 1.54) is 6.42 Å². The van der Waals surface area contributed by atoms with Crippen LogP contribution >= 0.6 is 0 Å². The van der Waals surface area contributed by atoms with Crippen molar-refractivity contribution < 1.29 is 9.53 Å². The highest BCUT2D eigenvalue weighted by atomic mass is 16.5. The smallest absolute Gasteiger partial charge is 0.155 e. The molecule has 3 rings (SSSR count). The third kappa shape index (κ3) is 1.52. The molecule has 2 N–H and O–H groups in total. The molecule has 1 atom stereocenters. The monoisotopic (exact) mass is 223 g/mol. The van der Waals surface area contributed by atoms with Crippen molar-refractivity contribution in [3.63, 3.8) is 0 Å². The summed E-state index contributed by atoms with van der Waals surface area (Å²) in [6.07, 6.45) is 8.30. The maximum absolute atomic E-state index is 12.3. The topological polar surface area (TPSA) is 52.3 Å². The molecule has 0 radical (unpaired) electrons. The molecular weight excluding hydrogens is 202 g/mol. The van der Waals surface area contributed by atoms with Gasteiger partial charge in [0, 0.05) is 12.5 Å². The Balaban J connectivity index is 1.68. The molecule has 1 unspecified atom stereocenters. The summed E-state index contributed by atoms with van der Waals surface area (Å²) in [6, 6.07) is 0. The lowest BCUT2D eigenvalue weighted by molar-refractivity contribution is -0.160. The summed E-state index contributed by atoms with van der Waals surface area (Å²) in [6.45, 7) is 0.756. The summed E-state index contributed by atoms with van der Waals surface area (Å²) in [5.74, 6) is 0.507. The molecule has 3 heteroatoms. The molecule has 16 heavy (non-hydrogen) atoms. The molecule has 3 aliphatic rings. The van der Waals surface area contributed by atoms with Gasteiger partial charge in [0.25, 0.3) is 0 Å². The van der Waals surface area contributed by atoms with E-state index in [1.807, 2.05) is 0 Å². The molecule has 0 aromatic heterocycles. The summed E-state index contributed by atoms with van der Waals surface area (Å²) < 4.78 is 5.85. The SMILES string of the molecule is NC1(C(=O)C2CCOC3(CCC3)C2)CCC1. The van der Waals surface area contributed by atoms with Gasteiger partial charge in [-0.2, -0.15) is 0 Å². The maximum Gasteiger partial charge on any atom is 0.155 e. The first-order valence-electron chi connectivity index (χ1n) is 6.61. The van der Waals surface area contributed by atoms with Gasteiger partial charge in [0.1, 0.15) is 0 Å². The minimum Gasteiger partial charge on any atom is -0.375 e. The number of hydrogen-bond donors (Lipinski definition) is 1. The van der Waals surface area contributed by atoms with E-state index in [0.29, 0.717) is 5.78 Å². The molecule has 0 amide bonds. The van der Waals surface area contributed by atoms with Crippen LogP contribution in [-0.4, -0.2) is 23.5 Å². The molecule has 1 heterocycles. The maximum atomic E-state index is 12.3. The zero-order valence-electron chi connectivity index (χ0n) is 9.84. The molecule has 3 nitrogen and oxygen atoms in total. The van der Waals surface area contributed by atoms with E-state index in [-0.39, 0.29) is 11.5 Å². The molecule has 0 aromatic carbocycles. The Labute approximate surface area is 96.7 Å². The van der Waals surface area contributed by atoms with Crippen LogP contribution in [0.1, 0.15) is 51.4 Å². The van der Waals surface area contributed by atoms with Crippen LogP contribution in [0.3, 0.4) is 0 Å². The van der Waals surface area contributed by atoms with Gasteiger partial charge < -0.3 is 10.5 Å². The molecule has 3 fully saturated rings. The first-order valence-corrected chi connectivity index (χ1v) is 6.61. The number of Topliss-reactive ketones (excluding diaryl/α,β-unsaturated/α-hetero) is 1. The second-order valence-electron chi connectivity index (χ2n) is 5.95. The predicted molar refractivity (Wildman–Crippen MR) is 61.0 cm³/mol. The highest BCUT2D eigenvalue weighted by molar-refractivity contribution is 5.91. The fourth-order valence-corrected chi connectivity index (χ4v) is 3.38. The average Bonchev–Trinajstić information content (AvgIpc) is 2.23. The molecule has 0 aromatic rings. The standard InChI is InChI=1S/C13H21NO2/c14-13(6-2-7-13)11(15)10-3-8-16-12(9-10)4-1-5-12/h10H,1-9,14H2. The van der Waals surface area contributed by atoms with Crippen LogP contribution in [0, 0.1) is 5.92 Å². The number of rotatable bonds is 2. The summed E-state index contributed by atoms with van der Waals surface area (Å²) in [5, 5.41) is 0. The molecule has 2 aliphatic carbocycles. The van der Waals surface area contributed by atoms with Gasteiger partial charge in [0.05, 0.1) is 11.1 Å². The van der Waals surface area contributed by atoms with Crippen LogP contribution in [-0.2, 0) is 9.53 Å². The van der Waals surface area contributed by atoms with Crippen LogP contribution in [0.15, 0.2) is 0 Å². The highest BCUT2D eigenvalue weighted by Crippen LogP contribution is 2.46. The zero-order valence-corrected chi connectivity index (χ0v) is 9.84. The van der Waals surface area contributed by atoms with Crippen LogP contribution in [0.2, 0.25) is 0 Å². The van der Waals surface area contributed by atoms with Crippen LogP contribution < -0.4 is 5.73 Å². The van der Waals surface area contributed by atoms with Crippen molar-refractivity contribution in [2.75, 3.05) is 6.61 Å². The fraction of sp³-hybridized carbons (Fsp3) is 0.923. The number of carbonyl (C=O) groups excluding carboxylic acids is 1. The van der Waals surface area contributed by atoms with Gasteiger partial charge in [0.15, 0.2) is 5.78 Å². The van der Waals surface area contributed by atoms with Gasteiger partial charge in [-0.05, 0) is 51.4 Å². The van der Waals surface area contributed by atoms with Crippen LogP contribution in [0.25, 0.3) is 0 Å². The van der Waals surface area contributed by atoms with Gasteiger partial charge >= 0.3 is 0 Å². The third-order valence-corrected chi connectivity index (χ3v) is 4.87. The highest BCUT2D eigenvalue weighted by Gasteiger charge is 2.49. The number of carbonyl (C=O) groups is 1. The molecule has 1 spiro atoms. The number of ether oxygens (including phenoxy) is 1. The summed E-state index contributed by atoms with van der Waals surface area (Å²) in [4.78, 5) is 12.3. The first-order chi connectivity index (χ1) is 7.64. The van der Waals surface area contributed by atoms with Gasteiger partial charge in [-0.3, -0.25) is 4.79 Å². The van der Waals surface area contributed by atoms with Gasteiger partial charge in [-0.15, -0.1) is 0 Å². The Kier molecular flexibility index (Phi) is 2.37. The number of hydrogen-bond acceptors (Lipinski definition) is 3. The molecule has 1 saturated heterocycles. The lowest BCUT2D eigenvalue weighted by atomic mass is 9.65. The van der Waals surface area contributed by atoms with E-state index in [2.05, 4.69) is 0 Å². The molecule has 0 bridgehead atoms. The lowest BCUT2D eigenvalue weighted by Crippen LogP contribution is -2.58. The number of ketones is 1. The van der Waals surface area contributed by atoms with E-state index in [4.69, 9.17) is 10.5 Å². The molecular formula is C13H21NO2. The molecule has 90 valence electrons. The Bertz CT molecular complexity index is 305. The summed E-state index contributed by atoms with van der Waals surface area (Å²) in [7, 11) is 0. The minimum absolute atomic E-state index is 0.0681. The van der Waals surface area contributed by atoms with E-state index in [0.717, 1.165) is 51.6 Å². The van der Waals surface area contributed by atoms with Crippen molar-refractivity contribution in [1.29, 1.82) is 0 Å². The van der Waals surface area contributed by atoms with Gasteiger partial charge in [-0.1, -0.05) is 0 Å². The Hall–Kier alpha value is -0.410. The van der Waals surface area contributed by atoms with Crippen molar-refractivity contribution in [1.82, 2.24) is 0 Å². The van der Waals surface area contributed by atoms with Crippen molar-refractivity contribution >= 4 is 5.78 Å². The van der Waals surface area contributed by atoms with Crippen molar-refractivity contribution in [3.05, 3.63) is 0 Å². The van der Waals surface area contributed by atoms with Crippen LogP contribution in [0.4, 0.5) is 0 Å². The van der Waals surface area contributed by atoms with Crippen LogP contribution in [0.5, 0.6) is 0 Å². The van der Waals surface area contributed by atoms with Crippen molar-refractivity contribution in [3.8, 4) is 0 Å². The molecule has 2 saturated carbocycles. The largest absolute Gasteiger partial charge is 0.375 e. The predicted octanol–water partition coefficient (Wildman–Crippen LogP) is 1.79. The van der Waals surface area contributed by atoms with E-state index >= 15 is 0 Å². The van der Waals surface area contributed by atoms with Gasteiger partial charge in [-0.25, -0.2) is 0 Å². The first kappa shape index (κ1) is 10.7. The summed E-state index contributed by atoms with van der Waals surface area (Å²) >= 11 is 0. The van der Waals surface area contributed by atoms with Crippen molar-refractivity contribution in [2.24, 2.45) is 11.7 Å². The Morgan fingerprint density at radius 2 is 1.88 bits per heavy atom. The minimum atomic E-state index is -0.465. The average molecular weight is 223 g/mol. The van der Waals surface area contributed by atoms with E-state index in [9.17, 15) is 4.79 Å². The fourth-order valence-electron chi connectivity index (χ4n) is 3.38. The Morgan fingerprint density at radius 3 is 2.38 bits per heavy atom. The third-order valence-electron chi connectivity index (χ3n) is 4.87. The van der Waals surface area contributed by atoms with E-state index in [1.54, 1.807) is 0 Å². The quantitative estimate of drug-likeness (QED) is 0.776. The normalized spacial score (nSPS) is 35.2. The lowest BCUT2D eigenvalue weighted by Gasteiger charge is -2.49. The van der Waals surface area contributed by atoms with Gasteiger partial charge in [0.2, 0.25) is 0 Å². The zero-order chi connectivity index (χ0) is 11.2. The van der Waals surface area contributed by atoms with E-state index < -0.39 is 5.54 Å². The number of nitrogens with two attached hydrogens (primary N) is 1. The second-order valence-corrected chi connectivity index (χ2v) is 5.95. The Morgan fingerprint density at radius 1 is 1.19 bits per heavy atom. The molecule has 1 aliphatic heterocycles. The van der Waals surface area contributed by atoms with Crippen molar-refractivity contribution in [2.45, 2.75) is 62.5 Å². The summed E-state index contributed by atoms with van der Waals surface area (Å²) in [5.41, 5.74) is 5.74. The second kappa shape index (κ2) is 3.54.